The second-order valence-electron chi connectivity index (χ2n) is 6.90. The summed E-state index contributed by atoms with van der Waals surface area (Å²) in [6, 6.07) is 0.804. The Morgan fingerprint density at radius 3 is 2.15 bits per heavy atom. The van der Waals surface area contributed by atoms with Crippen LogP contribution in [-0.4, -0.2) is 12.6 Å². The van der Waals surface area contributed by atoms with Gasteiger partial charge in [-0.25, -0.2) is 0 Å². The summed E-state index contributed by atoms with van der Waals surface area (Å²) < 4.78 is 0. The third-order valence-electron chi connectivity index (χ3n) is 4.99. The molecule has 120 valence electrons. The van der Waals surface area contributed by atoms with Crippen molar-refractivity contribution in [2.75, 3.05) is 6.54 Å². The molecule has 1 unspecified atom stereocenters. The zero-order valence-corrected chi connectivity index (χ0v) is 14.3. The summed E-state index contributed by atoms with van der Waals surface area (Å²) in [6.45, 7) is 5.71. The number of nitrogens with one attached hydrogen (secondary N) is 1. The zero-order chi connectivity index (χ0) is 14.5. The highest BCUT2D eigenvalue weighted by molar-refractivity contribution is 4.74. The van der Waals surface area contributed by atoms with E-state index in [2.05, 4.69) is 19.2 Å². The Labute approximate surface area is 128 Å². The predicted molar refractivity (Wildman–Crippen MR) is 91.3 cm³/mol. The fraction of sp³-hybridized carbons (Fsp3) is 1.00. The summed E-state index contributed by atoms with van der Waals surface area (Å²) in [5.41, 5.74) is 0. The Kier molecular flexibility index (Phi) is 11.4. The molecule has 1 aliphatic carbocycles. The lowest BCUT2D eigenvalue weighted by molar-refractivity contribution is 0.289. The highest BCUT2D eigenvalue weighted by Crippen LogP contribution is 2.28. The van der Waals surface area contributed by atoms with E-state index in [1.165, 1.54) is 89.9 Å². The molecule has 20 heavy (non-hydrogen) atoms. The first-order valence-corrected chi connectivity index (χ1v) is 9.60. The Morgan fingerprint density at radius 2 is 1.50 bits per heavy atom. The van der Waals surface area contributed by atoms with Crippen LogP contribution in [-0.2, 0) is 0 Å². The summed E-state index contributed by atoms with van der Waals surface area (Å²) in [6.07, 6.45) is 20.4. The molecule has 0 radical (unpaired) electrons. The van der Waals surface area contributed by atoms with Gasteiger partial charge in [0.15, 0.2) is 0 Å². The lowest BCUT2D eigenvalue weighted by Gasteiger charge is -2.27. The fourth-order valence-corrected chi connectivity index (χ4v) is 3.76. The van der Waals surface area contributed by atoms with Gasteiger partial charge < -0.3 is 5.32 Å². The maximum Gasteiger partial charge on any atom is 0.00695 e. The van der Waals surface area contributed by atoms with Crippen LogP contribution >= 0.6 is 0 Å². The summed E-state index contributed by atoms with van der Waals surface area (Å²) in [5.74, 6) is 1.03. The van der Waals surface area contributed by atoms with E-state index in [0.29, 0.717) is 0 Å². The van der Waals surface area contributed by atoms with Crippen LogP contribution in [0.5, 0.6) is 0 Å². The molecule has 1 saturated carbocycles. The molecule has 0 amide bonds. The van der Waals surface area contributed by atoms with Crippen LogP contribution in [0.15, 0.2) is 0 Å². The van der Waals surface area contributed by atoms with Crippen LogP contribution in [0, 0.1) is 5.92 Å². The lowest BCUT2D eigenvalue weighted by Crippen LogP contribution is -2.31. The highest BCUT2D eigenvalue weighted by atomic mass is 14.9. The van der Waals surface area contributed by atoms with Gasteiger partial charge in [0.2, 0.25) is 0 Å². The number of hydrogen-bond acceptors (Lipinski definition) is 1. The largest absolute Gasteiger partial charge is 0.314 e. The molecule has 0 bridgehead atoms. The van der Waals surface area contributed by atoms with Gasteiger partial charge in [-0.2, -0.15) is 0 Å². The van der Waals surface area contributed by atoms with Gasteiger partial charge in [0.1, 0.15) is 0 Å². The third-order valence-corrected chi connectivity index (χ3v) is 4.99. The molecule has 0 aliphatic heterocycles. The first-order valence-electron chi connectivity index (χ1n) is 9.60. The Bertz CT molecular complexity index is 196. The SMILES string of the molecule is CCCCCCCCCC(CC1CCCCC1)NCC. The minimum Gasteiger partial charge on any atom is -0.314 e. The van der Waals surface area contributed by atoms with Gasteiger partial charge in [0, 0.05) is 6.04 Å². The standard InChI is InChI=1S/C19H39N/c1-3-5-6-7-8-9-13-16-19(20-4-2)17-18-14-11-10-12-15-18/h18-20H,3-17H2,1-2H3. The smallest absolute Gasteiger partial charge is 0.00695 e. The summed E-state index contributed by atoms with van der Waals surface area (Å²) in [5, 5.41) is 3.74. The normalized spacial score (nSPS) is 18.3. The van der Waals surface area contributed by atoms with Crippen molar-refractivity contribution < 1.29 is 0 Å². The van der Waals surface area contributed by atoms with E-state index in [4.69, 9.17) is 0 Å². The van der Waals surface area contributed by atoms with Gasteiger partial charge in [-0.15, -0.1) is 0 Å². The van der Waals surface area contributed by atoms with Crippen molar-refractivity contribution in [3.8, 4) is 0 Å². The average molecular weight is 282 g/mol. The molecule has 0 heterocycles. The van der Waals surface area contributed by atoms with E-state index in [-0.39, 0.29) is 0 Å². The first-order chi connectivity index (χ1) is 9.86. The van der Waals surface area contributed by atoms with Gasteiger partial charge in [-0.1, -0.05) is 90.9 Å². The second kappa shape index (κ2) is 12.7. The molecule has 1 atom stereocenters. The van der Waals surface area contributed by atoms with Gasteiger partial charge in [-0.3, -0.25) is 0 Å². The predicted octanol–water partition coefficient (Wildman–Crippen LogP) is 6.08. The molecule has 1 N–H and O–H groups in total. The van der Waals surface area contributed by atoms with Gasteiger partial charge >= 0.3 is 0 Å². The minimum atomic E-state index is 0.804. The minimum absolute atomic E-state index is 0.804. The maximum atomic E-state index is 3.74. The van der Waals surface area contributed by atoms with Crippen molar-refractivity contribution in [2.24, 2.45) is 5.92 Å². The van der Waals surface area contributed by atoms with Gasteiger partial charge in [-0.05, 0) is 25.3 Å². The molecule has 0 aromatic carbocycles. The first kappa shape index (κ1) is 18.0. The number of rotatable bonds is 12. The van der Waals surface area contributed by atoms with Crippen LogP contribution in [0.1, 0.15) is 104 Å². The van der Waals surface area contributed by atoms with Crippen LogP contribution < -0.4 is 5.32 Å². The molecule has 1 nitrogen and oxygen atoms in total. The monoisotopic (exact) mass is 281 g/mol. The summed E-state index contributed by atoms with van der Waals surface area (Å²) >= 11 is 0. The van der Waals surface area contributed by atoms with Crippen LogP contribution in [0.2, 0.25) is 0 Å². The van der Waals surface area contributed by atoms with Crippen LogP contribution in [0.4, 0.5) is 0 Å². The van der Waals surface area contributed by atoms with Crippen molar-refractivity contribution in [1.82, 2.24) is 5.32 Å². The molecule has 1 fully saturated rings. The average Bonchev–Trinajstić information content (AvgIpc) is 2.47. The third kappa shape index (κ3) is 9.00. The Morgan fingerprint density at radius 1 is 0.850 bits per heavy atom. The molecule has 1 heteroatoms. The van der Waals surface area contributed by atoms with Crippen molar-refractivity contribution in [3.05, 3.63) is 0 Å². The molecule has 0 saturated heterocycles. The van der Waals surface area contributed by atoms with Gasteiger partial charge in [0.25, 0.3) is 0 Å². The van der Waals surface area contributed by atoms with Crippen molar-refractivity contribution >= 4 is 0 Å². The van der Waals surface area contributed by atoms with E-state index in [0.717, 1.165) is 18.5 Å². The Hall–Kier alpha value is -0.0400. The topological polar surface area (TPSA) is 12.0 Å². The van der Waals surface area contributed by atoms with Crippen molar-refractivity contribution in [2.45, 2.75) is 110 Å². The molecule has 0 spiro atoms. The quantitative estimate of drug-likeness (QED) is 0.428. The molecular formula is C19H39N. The molecule has 1 rings (SSSR count). The zero-order valence-electron chi connectivity index (χ0n) is 14.3. The van der Waals surface area contributed by atoms with Crippen molar-refractivity contribution in [1.29, 1.82) is 0 Å². The molecular weight excluding hydrogens is 242 g/mol. The number of hydrogen-bond donors (Lipinski definition) is 1. The van der Waals surface area contributed by atoms with Crippen LogP contribution in [0.3, 0.4) is 0 Å². The molecule has 0 aromatic heterocycles. The van der Waals surface area contributed by atoms with E-state index in [1.807, 2.05) is 0 Å². The second-order valence-corrected chi connectivity index (χ2v) is 6.90. The van der Waals surface area contributed by atoms with E-state index in [1.54, 1.807) is 0 Å². The highest BCUT2D eigenvalue weighted by Gasteiger charge is 2.18. The molecule has 1 aliphatic rings. The van der Waals surface area contributed by atoms with E-state index < -0.39 is 0 Å². The van der Waals surface area contributed by atoms with E-state index in [9.17, 15) is 0 Å². The number of unbranched alkanes of at least 4 members (excludes halogenated alkanes) is 6. The van der Waals surface area contributed by atoms with E-state index >= 15 is 0 Å². The lowest BCUT2D eigenvalue weighted by atomic mass is 9.84. The fourth-order valence-electron chi connectivity index (χ4n) is 3.76. The van der Waals surface area contributed by atoms with Crippen molar-refractivity contribution in [3.63, 3.8) is 0 Å². The maximum absolute atomic E-state index is 3.74. The summed E-state index contributed by atoms with van der Waals surface area (Å²) in [7, 11) is 0. The Balaban J connectivity index is 2.05. The molecule has 0 aromatic rings. The van der Waals surface area contributed by atoms with Crippen LogP contribution in [0.25, 0.3) is 0 Å². The summed E-state index contributed by atoms with van der Waals surface area (Å²) in [4.78, 5) is 0. The van der Waals surface area contributed by atoms with Gasteiger partial charge in [0.05, 0.1) is 0 Å².